The Bertz CT molecular complexity index is 272. The zero-order valence-corrected chi connectivity index (χ0v) is 12.3. The fourth-order valence-electron chi connectivity index (χ4n) is 2.87. The van der Waals surface area contributed by atoms with E-state index < -0.39 is 0 Å². The second kappa shape index (κ2) is 6.94. The number of carbonyl (C=O) groups is 1. The van der Waals surface area contributed by atoms with E-state index in [1.165, 1.54) is 12.8 Å². The van der Waals surface area contributed by atoms with E-state index in [4.69, 9.17) is 0 Å². The maximum absolute atomic E-state index is 12.2. The van der Waals surface area contributed by atoms with Crippen LogP contribution in [0.15, 0.2) is 0 Å². The van der Waals surface area contributed by atoms with E-state index in [2.05, 4.69) is 15.1 Å². The lowest BCUT2D eigenvalue weighted by molar-refractivity contribution is -0.136. The third kappa shape index (κ3) is 3.50. The van der Waals surface area contributed by atoms with Crippen molar-refractivity contribution in [3.8, 4) is 0 Å². The molecule has 1 saturated carbocycles. The quantitative estimate of drug-likeness (QED) is 0.817. The third-order valence-electron chi connectivity index (χ3n) is 4.10. The van der Waals surface area contributed by atoms with Gasteiger partial charge in [-0.15, -0.1) is 24.8 Å². The highest BCUT2D eigenvalue weighted by atomic mass is 35.5. The molecule has 2 saturated heterocycles. The van der Waals surface area contributed by atoms with E-state index >= 15 is 0 Å². The summed E-state index contributed by atoms with van der Waals surface area (Å²) in [4.78, 5) is 16.8. The lowest BCUT2D eigenvalue weighted by Crippen LogP contribution is -2.51. The molecule has 1 aliphatic carbocycles. The van der Waals surface area contributed by atoms with E-state index in [1.807, 2.05) is 0 Å². The minimum Gasteiger partial charge on any atom is -0.340 e. The fraction of sp³-hybridized carbons (Fsp3) is 0.917. The molecule has 6 heteroatoms. The van der Waals surface area contributed by atoms with Crippen molar-refractivity contribution in [1.82, 2.24) is 15.1 Å². The van der Waals surface area contributed by atoms with Crippen molar-refractivity contribution in [3.63, 3.8) is 0 Å². The molecular formula is C12H23Cl2N3O. The molecule has 3 rings (SSSR count). The van der Waals surface area contributed by atoms with Crippen LogP contribution >= 0.6 is 24.8 Å². The molecule has 1 amide bonds. The monoisotopic (exact) mass is 295 g/mol. The van der Waals surface area contributed by atoms with Crippen LogP contribution in [0.3, 0.4) is 0 Å². The molecule has 1 N–H and O–H groups in total. The van der Waals surface area contributed by atoms with Crippen molar-refractivity contribution >= 4 is 30.7 Å². The number of piperazine rings is 1. The van der Waals surface area contributed by atoms with Gasteiger partial charge in [0.2, 0.25) is 5.91 Å². The Labute approximate surface area is 121 Å². The van der Waals surface area contributed by atoms with Gasteiger partial charge in [-0.1, -0.05) is 0 Å². The molecule has 3 fully saturated rings. The molecule has 0 aromatic heterocycles. The van der Waals surface area contributed by atoms with Gasteiger partial charge in [0.05, 0.1) is 5.92 Å². The number of amides is 1. The molecule has 18 heavy (non-hydrogen) atoms. The zero-order valence-electron chi connectivity index (χ0n) is 10.6. The smallest absolute Gasteiger partial charge is 0.227 e. The van der Waals surface area contributed by atoms with Crippen molar-refractivity contribution in [1.29, 1.82) is 0 Å². The van der Waals surface area contributed by atoms with Gasteiger partial charge in [-0.05, 0) is 25.8 Å². The van der Waals surface area contributed by atoms with E-state index in [0.29, 0.717) is 5.91 Å². The number of hydrogen-bond donors (Lipinski definition) is 1. The number of nitrogens with zero attached hydrogens (tertiary/aromatic N) is 2. The Balaban J connectivity index is 0.000000810. The summed E-state index contributed by atoms with van der Waals surface area (Å²) in [6.07, 6.45) is 3.78. The Kier molecular flexibility index (Phi) is 6.18. The third-order valence-corrected chi connectivity index (χ3v) is 4.10. The summed E-state index contributed by atoms with van der Waals surface area (Å²) in [7, 11) is 0. The molecule has 4 nitrogen and oxygen atoms in total. The first-order valence-electron chi connectivity index (χ1n) is 6.58. The lowest BCUT2D eigenvalue weighted by Gasteiger charge is -2.36. The number of hydrogen-bond acceptors (Lipinski definition) is 3. The molecule has 106 valence electrons. The summed E-state index contributed by atoms with van der Waals surface area (Å²) in [5.41, 5.74) is 0. The number of halogens is 2. The predicted molar refractivity (Wildman–Crippen MR) is 76.6 cm³/mol. The van der Waals surface area contributed by atoms with Gasteiger partial charge >= 0.3 is 0 Å². The minimum atomic E-state index is 0. The molecular weight excluding hydrogens is 273 g/mol. The standard InChI is InChI=1S/C12H21N3O.2ClH/c16-12(10-3-4-13-9-10)15-7-5-14(6-8-15)11-1-2-11;;/h10-11,13H,1-9H2;2*1H. The molecule has 0 radical (unpaired) electrons. The first-order chi connectivity index (χ1) is 7.84. The number of nitrogens with one attached hydrogen (secondary N) is 1. The van der Waals surface area contributed by atoms with Crippen molar-refractivity contribution in [2.24, 2.45) is 5.92 Å². The molecule has 0 bridgehead atoms. The maximum Gasteiger partial charge on any atom is 0.227 e. The summed E-state index contributed by atoms with van der Waals surface area (Å²) in [5, 5.41) is 3.27. The summed E-state index contributed by atoms with van der Waals surface area (Å²) in [6.45, 7) is 5.99. The van der Waals surface area contributed by atoms with Crippen LogP contribution in [-0.2, 0) is 4.79 Å². The van der Waals surface area contributed by atoms with Crippen LogP contribution in [0, 0.1) is 5.92 Å². The molecule has 0 aromatic carbocycles. The maximum atomic E-state index is 12.2. The van der Waals surface area contributed by atoms with Crippen molar-refractivity contribution in [2.45, 2.75) is 25.3 Å². The predicted octanol–water partition coefficient (Wildman–Crippen LogP) is 0.746. The largest absolute Gasteiger partial charge is 0.340 e. The summed E-state index contributed by atoms with van der Waals surface area (Å²) < 4.78 is 0. The normalized spacial score (nSPS) is 28.4. The topological polar surface area (TPSA) is 35.6 Å². The Hall–Kier alpha value is -0.0300. The lowest BCUT2D eigenvalue weighted by atomic mass is 10.1. The highest BCUT2D eigenvalue weighted by molar-refractivity contribution is 5.85. The average Bonchev–Trinajstić information content (AvgIpc) is 3.04. The van der Waals surface area contributed by atoms with E-state index in [9.17, 15) is 4.79 Å². The van der Waals surface area contributed by atoms with Crippen LogP contribution < -0.4 is 5.32 Å². The van der Waals surface area contributed by atoms with E-state index in [-0.39, 0.29) is 30.7 Å². The van der Waals surface area contributed by atoms with Crippen LogP contribution in [0.4, 0.5) is 0 Å². The minimum absolute atomic E-state index is 0. The molecule has 2 aliphatic heterocycles. The molecule has 3 aliphatic rings. The van der Waals surface area contributed by atoms with Crippen LogP contribution in [0.25, 0.3) is 0 Å². The molecule has 0 aromatic rings. The highest BCUT2D eigenvalue weighted by Crippen LogP contribution is 2.27. The zero-order chi connectivity index (χ0) is 11.0. The first-order valence-corrected chi connectivity index (χ1v) is 6.58. The second-order valence-corrected chi connectivity index (χ2v) is 5.28. The van der Waals surface area contributed by atoms with Crippen molar-refractivity contribution in [2.75, 3.05) is 39.3 Å². The number of rotatable bonds is 2. The van der Waals surface area contributed by atoms with Gasteiger partial charge in [-0.25, -0.2) is 0 Å². The van der Waals surface area contributed by atoms with E-state index in [0.717, 1.165) is 51.7 Å². The van der Waals surface area contributed by atoms with Gasteiger partial charge < -0.3 is 10.2 Å². The number of carbonyl (C=O) groups excluding carboxylic acids is 1. The molecule has 1 atom stereocenters. The molecule has 2 heterocycles. The van der Waals surface area contributed by atoms with E-state index in [1.54, 1.807) is 0 Å². The SMILES string of the molecule is Cl.Cl.O=C(C1CCNC1)N1CCN(C2CC2)CC1. The summed E-state index contributed by atoms with van der Waals surface area (Å²) >= 11 is 0. The fourth-order valence-corrected chi connectivity index (χ4v) is 2.87. The Morgan fingerprint density at radius 2 is 1.67 bits per heavy atom. The van der Waals surface area contributed by atoms with Gasteiger partial charge in [0.15, 0.2) is 0 Å². The molecule has 1 unspecified atom stereocenters. The van der Waals surface area contributed by atoms with Crippen molar-refractivity contribution < 1.29 is 4.79 Å². The Morgan fingerprint density at radius 3 is 2.17 bits per heavy atom. The van der Waals surface area contributed by atoms with Gasteiger partial charge in [-0.3, -0.25) is 9.69 Å². The van der Waals surface area contributed by atoms with Crippen LogP contribution in [-0.4, -0.2) is 61.0 Å². The van der Waals surface area contributed by atoms with Gasteiger partial charge in [0, 0.05) is 38.8 Å². The average molecular weight is 296 g/mol. The van der Waals surface area contributed by atoms with Crippen LogP contribution in [0.1, 0.15) is 19.3 Å². The first kappa shape index (κ1) is 16.0. The van der Waals surface area contributed by atoms with Crippen molar-refractivity contribution in [3.05, 3.63) is 0 Å². The van der Waals surface area contributed by atoms with Gasteiger partial charge in [0.1, 0.15) is 0 Å². The van der Waals surface area contributed by atoms with Gasteiger partial charge in [0.25, 0.3) is 0 Å². The second-order valence-electron chi connectivity index (χ2n) is 5.28. The summed E-state index contributed by atoms with van der Waals surface area (Å²) in [6, 6.07) is 0.852. The Morgan fingerprint density at radius 1 is 1.00 bits per heavy atom. The summed E-state index contributed by atoms with van der Waals surface area (Å²) in [5.74, 6) is 0.646. The van der Waals surface area contributed by atoms with Gasteiger partial charge in [-0.2, -0.15) is 0 Å². The van der Waals surface area contributed by atoms with Crippen LogP contribution in [0.2, 0.25) is 0 Å². The van der Waals surface area contributed by atoms with Crippen LogP contribution in [0.5, 0.6) is 0 Å². The highest BCUT2D eigenvalue weighted by Gasteiger charge is 2.34. The molecule has 0 spiro atoms.